The molecule has 0 saturated carbocycles. The molecule has 216 valence electrons. The van der Waals surface area contributed by atoms with Gasteiger partial charge in [-0.3, -0.25) is 9.59 Å². The van der Waals surface area contributed by atoms with Crippen LogP contribution in [0.25, 0.3) is 0 Å². The van der Waals surface area contributed by atoms with Gasteiger partial charge in [0.15, 0.2) is 0 Å². The van der Waals surface area contributed by atoms with Gasteiger partial charge in [0, 0.05) is 38.6 Å². The van der Waals surface area contributed by atoms with E-state index >= 15 is 0 Å². The third kappa shape index (κ3) is 10.7. The lowest BCUT2D eigenvalue weighted by Gasteiger charge is -2.40. The highest BCUT2D eigenvalue weighted by molar-refractivity contribution is 7.89. The third-order valence-electron chi connectivity index (χ3n) is 6.99. The predicted octanol–water partition coefficient (Wildman–Crippen LogP) is 5.17. The average molecular weight is 550 g/mol. The molecule has 1 saturated heterocycles. The van der Waals surface area contributed by atoms with Crippen LogP contribution in [0.15, 0.2) is 30.3 Å². The van der Waals surface area contributed by atoms with Crippen LogP contribution < -0.4 is 0 Å². The summed E-state index contributed by atoms with van der Waals surface area (Å²) >= 11 is 0. The average Bonchev–Trinajstić information content (AvgIpc) is 2.81. The molecule has 1 fully saturated rings. The van der Waals surface area contributed by atoms with Crippen molar-refractivity contribution in [2.75, 3.05) is 31.9 Å². The van der Waals surface area contributed by atoms with Crippen LogP contribution in [0.3, 0.4) is 0 Å². The van der Waals surface area contributed by atoms with Gasteiger partial charge in [0.05, 0.1) is 12.3 Å². The van der Waals surface area contributed by atoms with Crippen molar-refractivity contribution in [2.24, 2.45) is 17.3 Å². The number of hydrogen-bond donors (Lipinski definition) is 0. The fraction of sp³-hybridized carbons (Fsp3) is 0.733. The van der Waals surface area contributed by atoms with E-state index < -0.39 is 10.0 Å². The molecule has 0 aliphatic carbocycles. The molecule has 1 aliphatic rings. The number of rotatable bonds is 13. The van der Waals surface area contributed by atoms with E-state index in [9.17, 15) is 18.0 Å². The third-order valence-corrected chi connectivity index (χ3v) is 8.98. The van der Waals surface area contributed by atoms with Crippen LogP contribution in [0.2, 0.25) is 0 Å². The van der Waals surface area contributed by atoms with Crippen molar-refractivity contribution < 1.29 is 18.0 Å². The highest BCUT2D eigenvalue weighted by Crippen LogP contribution is 2.27. The zero-order chi connectivity index (χ0) is 28.5. The van der Waals surface area contributed by atoms with Crippen LogP contribution in [0, 0.1) is 17.3 Å². The Balaban J connectivity index is 2.14. The summed E-state index contributed by atoms with van der Waals surface area (Å²) in [6, 6.07) is 9.81. The molecule has 1 aromatic carbocycles. The quantitative estimate of drug-likeness (QED) is 0.340. The molecule has 8 heteroatoms. The van der Waals surface area contributed by atoms with Gasteiger partial charge in [-0.25, -0.2) is 8.42 Å². The van der Waals surface area contributed by atoms with Crippen molar-refractivity contribution in [3.05, 3.63) is 35.9 Å². The molecule has 1 atom stereocenters. The summed E-state index contributed by atoms with van der Waals surface area (Å²) in [5, 5.41) is 0. The molecular formula is C30H51N3O4S. The van der Waals surface area contributed by atoms with E-state index in [4.69, 9.17) is 0 Å². The Morgan fingerprint density at radius 2 is 1.66 bits per heavy atom. The van der Waals surface area contributed by atoms with Gasteiger partial charge in [-0.15, -0.1) is 0 Å². The van der Waals surface area contributed by atoms with Crippen LogP contribution in [0.4, 0.5) is 0 Å². The molecule has 7 nitrogen and oxygen atoms in total. The smallest absolute Gasteiger partial charge is 0.238 e. The lowest BCUT2D eigenvalue weighted by Crippen LogP contribution is -2.52. The molecule has 1 aromatic rings. The minimum atomic E-state index is -3.51. The van der Waals surface area contributed by atoms with Crippen molar-refractivity contribution in [1.82, 2.24) is 14.1 Å². The van der Waals surface area contributed by atoms with Crippen LogP contribution in [0.1, 0.15) is 86.1 Å². The van der Waals surface area contributed by atoms with E-state index in [-0.39, 0.29) is 41.5 Å². The second-order valence-electron chi connectivity index (χ2n) is 12.7. The molecule has 1 aliphatic heterocycles. The number of piperidine rings is 1. The minimum Gasteiger partial charge on any atom is -0.343 e. The summed E-state index contributed by atoms with van der Waals surface area (Å²) in [5.41, 5.74) is 1.21. The summed E-state index contributed by atoms with van der Waals surface area (Å²) in [6.07, 6.45) is 3.46. The maximum atomic E-state index is 13.7. The topological polar surface area (TPSA) is 78.0 Å². The number of benzene rings is 1. The number of carbonyl (C=O) groups excluding carboxylic acids is 2. The predicted molar refractivity (Wildman–Crippen MR) is 155 cm³/mol. The fourth-order valence-electron chi connectivity index (χ4n) is 5.49. The molecule has 0 unspecified atom stereocenters. The summed E-state index contributed by atoms with van der Waals surface area (Å²) in [6.45, 7) is 16.4. The van der Waals surface area contributed by atoms with Crippen molar-refractivity contribution >= 4 is 21.8 Å². The Kier molecular flexibility index (Phi) is 12.3. The van der Waals surface area contributed by atoms with E-state index in [0.29, 0.717) is 57.8 Å². The first-order chi connectivity index (χ1) is 17.7. The maximum Gasteiger partial charge on any atom is 0.238 e. The van der Waals surface area contributed by atoms with Gasteiger partial charge in [0.25, 0.3) is 0 Å². The van der Waals surface area contributed by atoms with Gasteiger partial charge in [-0.2, -0.15) is 4.31 Å². The van der Waals surface area contributed by atoms with E-state index in [1.807, 2.05) is 60.9 Å². The van der Waals surface area contributed by atoms with Crippen molar-refractivity contribution in [3.8, 4) is 0 Å². The second-order valence-corrected chi connectivity index (χ2v) is 14.8. The van der Waals surface area contributed by atoms with Gasteiger partial charge in [-0.05, 0) is 48.5 Å². The van der Waals surface area contributed by atoms with Gasteiger partial charge >= 0.3 is 0 Å². The van der Waals surface area contributed by atoms with E-state index in [1.54, 1.807) is 0 Å². The highest BCUT2D eigenvalue weighted by Gasteiger charge is 2.33. The number of amides is 2. The Bertz CT molecular complexity index is 981. The summed E-state index contributed by atoms with van der Waals surface area (Å²) < 4.78 is 27.3. The Labute approximate surface area is 232 Å². The van der Waals surface area contributed by atoms with Crippen molar-refractivity contribution in [3.63, 3.8) is 0 Å². The largest absolute Gasteiger partial charge is 0.343 e. The number of hydrogen-bond acceptors (Lipinski definition) is 4. The molecule has 2 amide bonds. The van der Waals surface area contributed by atoms with Gasteiger partial charge in [-0.1, -0.05) is 78.8 Å². The first-order valence-corrected chi connectivity index (χ1v) is 15.9. The molecule has 0 N–H and O–H groups in total. The number of nitrogens with zero attached hydrogens (tertiary/aromatic N) is 3. The molecule has 0 radical (unpaired) electrons. The fourth-order valence-corrected chi connectivity index (χ4v) is 7.09. The van der Waals surface area contributed by atoms with Crippen molar-refractivity contribution in [2.45, 2.75) is 93.2 Å². The lowest BCUT2D eigenvalue weighted by molar-refractivity contribution is -0.138. The van der Waals surface area contributed by atoms with Crippen molar-refractivity contribution in [1.29, 1.82) is 0 Å². The van der Waals surface area contributed by atoms with Gasteiger partial charge in [0.2, 0.25) is 21.8 Å². The number of sulfonamides is 1. The maximum absolute atomic E-state index is 13.7. The number of carbonyl (C=O) groups is 2. The van der Waals surface area contributed by atoms with E-state index in [1.165, 1.54) is 4.31 Å². The summed E-state index contributed by atoms with van der Waals surface area (Å²) in [7, 11) is -3.51. The van der Waals surface area contributed by atoms with Crippen LogP contribution in [-0.2, 0) is 26.2 Å². The monoisotopic (exact) mass is 549 g/mol. The SMILES string of the molecule is CCCS(=O)(=O)N(CC(=O)N(Cc1ccccc1)C1CCN(C(=O)C[C@H](C)CC(C)(C)C)CC1)CC(C)C. The van der Waals surface area contributed by atoms with Gasteiger partial charge in [0.1, 0.15) is 0 Å². The number of likely N-dealkylation sites (tertiary alicyclic amines) is 1. The molecule has 38 heavy (non-hydrogen) atoms. The normalized spacial score (nSPS) is 16.2. The zero-order valence-electron chi connectivity index (χ0n) is 24.8. The Hall–Kier alpha value is -1.93. The van der Waals surface area contributed by atoms with Crippen LogP contribution in [0.5, 0.6) is 0 Å². The molecule has 0 bridgehead atoms. The Morgan fingerprint density at radius 3 is 2.18 bits per heavy atom. The van der Waals surface area contributed by atoms with E-state index in [0.717, 1.165) is 12.0 Å². The van der Waals surface area contributed by atoms with Gasteiger partial charge < -0.3 is 9.80 Å². The summed E-state index contributed by atoms with van der Waals surface area (Å²) in [5.74, 6) is 0.507. The summed E-state index contributed by atoms with van der Waals surface area (Å²) in [4.78, 5) is 30.5. The molecule has 2 rings (SSSR count). The molecular weight excluding hydrogens is 498 g/mol. The van der Waals surface area contributed by atoms with Crippen LogP contribution in [-0.4, -0.2) is 72.3 Å². The van der Waals surface area contributed by atoms with E-state index in [2.05, 4.69) is 27.7 Å². The Morgan fingerprint density at radius 1 is 1.05 bits per heavy atom. The first-order valence-electron chi connectivity index (χ1n) is 14.3. The zero-order valence-corrected chi connectivity index (χ0v) is 25.6. The standard InChI is InChI=1S/C30H51N3O4S/c1-8-18-38(36,37)32(21-24(2)3)23-29(35)33(22-26-12-10-9-11-13-26)27-14-16-31(17-15-27)28(34)19-25(4)20-30(5,6)7/h9-13,24-25,27H,8,14-23H2,1-7H3/t25-/m0/s1. The highest BCUT2D eigenvalue weighted by atomic mass is 32.2. The minimum absolute atomic E-state index is 0.0338. The molecule has 1 heterocycles. The second kappa shape index (κ2) is 14.5. The first kappa shape index (κ1) is 32.3. The molecule has 0 spiro atoms. The molecule has 0 aromatic heterocycles. The lowest BCUT2D eigenvalue weighted by atomic mass is 9.84. The van der Waals surface area contributed by atoms with Crippen LogP contribution >= 0.6 is 0 Å².